The first-order chi connectivity index (χ1) is 8.11. The van der Waals surface area contributed by atoms with Gasteiger partial charge in [0.05, 0.1) is 6.10 Å². The van der Waals surface area contributed by atoms with Gasteiger partial charge in [0.1, 0.15) is 0 Å². The largest absolute Gasteiger partial charge is 0.387 e. The van der Waals surface area contributed by atoms with E-state index in [0.717, 1.165) is 24.7 Å². The van der Waals surface area contributed by atoms with Crippen LogP contribution in [0.25, 0.3) is 0 Å². The van der Waals surface area contributed by atoms with Crippen LogP contribution in [0.3, 0.4) is 0 Å². The van der Waals surface area contributed by atoms with Crippen molar-refractivity contribution in [3.8, 4) is 0 Å². The Kier molecular flexibility index (Phi) is 3.85. The maximum atomic E-state index is 10.3. The van der Waals surface area contributed by atoms with Gasteiger partial charge in [0.2, 0.25) is 0 Å². The normalized spacial score (nSPS) is 17.5. The maximum absolute atomic E-state index is 10.3. The van der Waals surface area contributed by atoms with E-state index in [2.05, 4.69) is 43.9 Å². The number of hydrogen-bond acceptors (Lipinski definition) is 2. The van der Waals surface area contributed by atoms with Crippen molar-refractivity contribution < 1.29 is 5.11 Å². The smallest absolute Gasteiger partial charge is 0.0919 e. The van der Waals surface area contributed by atoms with Gasteiger partial charge in [0.25, 0.3) is 0 Å². The van der Waals surface area contributed by atoms with Gasteiger partial charge in [0.15, 0.2) is 0 Å². The molecule has 1 atom stereocenters. The molecule has 2 nitrogen and oxygen atoms in total. The van der Waals surface area contributed by atoms with Gasteiger partial charge in [-0.05, 0) is 44.4 Å². The molecule has 0 radical (unpaired) electrons. The van der Waals surface area contributed by atoms with Gasteiger partial charge in [-0.15, -0.1) is 0 Å². The van der Waals surface area contributed by atoms with Gasteiger partial charge in [0, 0.05) is 12.6 Å². The Labute approximate surface area is 104 Å². The summed E-state index contributed by atoms with van der Waals surface area (Å²) in [5.41, 5.74) is 3.53. The molecule has 1 aromatic rings. The first-order valence-electron chi connectivity index (χ1n) is 6.61. The predicted octanol–water partition coefficient (Wildman–Crippen LogP) is 2.82. The molecule has 0 heterocycles. The van der Waals surface area contributed by atoms with Gasteiger partial charge in [-0.3, -0.25) is 4.90 Å². The molecule has 0 saturated heterocycles. The minimum absolute atomic E-state index is 0.351. The maximum Gasteiger partial charge on any atom is 0.0919 e. The molecule has 0 aliphatic heterocycles. The average molecular weight is 233 g/mol. The monoisotopic (exact) mass is 233 g/mol. The average Bonchev–Trinajstić information content (AvgIpc) is 3.09. The number of aryl methyl sites for hydroxylation is 2. The third-order valence-electron chi connectivity index (χ3n) is 3.66. The molecule has 0 spiro atoms. The van der Waals surface area contributed by atoms with Crippen LogP contribution in [-0.2, 0) is 0 Å². The molecule has 1 aromatic carbocycles. The highest BCUT2D eigenvalue weighted by Crippen LogP contribution is 2.29. The third-order valence-corrected chi connectivity index (χ3v) is 3.66. The quantitative estimate of drug-likeness (QED) is 0.845. The Morgan fingerprint density at radius 1 is 1.35 bits per heavy atom. The van der Waals surface area contributed by atoms with Crippen molar-refractivity contribution in [1.82, 2.24) is 4.90 Å². The van der Waals surface area contributed by atoms with Crippen molar-refractivity contribution in [3.63, 3.8) is 0 Å². The molecule has 0 bridgehead atoms. The molecule has 1 fully saturated rings. The highest BCUT2D eigenvalue weighted by Gasteiger charge is 2.29. The standard InChI is InChI=1S/C15H23NO/c1-4-16(13-6-7-13)10-15(17)14-8-5-11(2)9-12(14)3/h5,8-9,13,15,17H,4,6-7,10H2,1-3H3. The second kappa shape index (κ2) is 5.19. The zero-order chi connectivity index (χ0) is 12.4. The number of aliphatic hydroxyl groups is 1. The van der Waals surface area contributed by atoms with Crippen LogP contribution in [-0.4, -0.2) is 29.1 Å². The summed E-state index contributed by atoms with van der Waals surface area (Å²) in [5, 5.41) is 10.3. The fourth-order valence-electron chi connectivity index (χ4n) is 2.50. The van der Waals surface area contributed by atoms with Gasteiger partial charge in [-0.1, -0.05) is 30.7 Å². The van der Waals surface area contributed by atoms with E-state index in [9.17, 15) is 5.11 Å². The molecule has 1 N–H and O–H groups in total. The first-order valence-corrected chi connectivity index (χ1v) is 6.61. The number of benzene rings is 1. The molecule has 94 valence electrons. The Morgan fingerprint density at radius 3 is 2.59 bits per heavy atom. The zero-order valence-corrected chi connectivity index (χ0v) is 11.1. The lowest BCUT2D eigenvalue weighted by molar-refractivity contribution is 0.111. The lowest BCUT2D eigenvalue weighted by Gasteiger charge is -2.24. The summed E-state index contributed by atoms with van der Waals surface area (Å²) in [6.07, 6.45) is 2.25. The van der Waals surface area contributed by atoms with Crippen LogP contribution in [0.5, 0.6) is 0 Å². The number of rotatable bonds is 5. The van der Waals surface area contributed by atoms with Crippen molar-refractivity contribution >= 4 is 0 Å². The van der Waals surface area contributed by atoms with E-state index in [1.54, 1.807) is 0 Å². The zero-order valence-electron chi connectivity index (χ0n) is 11.1. The summed E-state index contributed by atoms with van der Waals surface area (Å²) in [4.78, 5) is 2.39. The Hall–Kier alpha value is -0.860. The molecule has 0 aromatic heterocycles. The first kappa shape index (κ1) is 12.6. The van der Waals surface area contributed by atoms with Crippen molar-refractivity contribution in [2.24, 2.45) is 0 Å². The summed E-state index contributed by atoms with van der Waals surface area (Å²) in [6.45, 7) is 8.15. The second-order valence-electron chi connectivity index (χ2n) is 5.19. The lowest BCUT2D eigenvalue weighted by Crippen LogP contribution is -2.30. The summed E-state index contributed by atoms with van der Waals surface area (Å²) in [6, 6.07) is 7.02. The van der Waals surface area contributed by atoms with E-state index in [0.29, 0.717) is 0 Å². The van der Waals surface area contributed by atoms with E-state index in [4.69, 9.17) is 0 Å². The second-order valence-corrected chi connectivity index (χ2v) is 5.19. The van der Waals surface area contributed by atoms with Crippen LogP contribution in [0, 0.1) is 13.8 Å². The van der Waals surface area contributed by atoms with Crippen LogP contribution in [0.15, 0.2) is 18.2 Å². The summed E-state index contributed by atoms with van der Waals surface area (Å²) >= 11 is 0. The molecule has 1 aliphatic rings. The molecular formula is C15H23NO. The van der Waals surface area contributed by atoms with Gasteiger partial charge >= 0.3 is 0 Å². The van der Waals surface area contributed by atoms with Crippen molar-refractivity contribution in [2.75, 3.05) is 13.1 Å². The summed E-state index contributed by atoms with van der Waals surface area (Å²) < 4.78 is 0. The topological polar surface area (TPSA) is 23.5 Å². The molecule has 1 aliphatic carbocycles. The molecule has 2 heteroatoms. The van der Waals surface area contributed by atoms with Crippen molar-refractivity contribution in [1.29, 1.82) is 0 Å². The van der Waals surface area contributed by atoms with E-state index >= 15 is 0 Å². The van der Waals surface area contributed by atoms with E-state index < -0.39 is 0 Å². The molecule has 17 heavy (non-hydrogen) atoms. The van der Waals surface area contributed by atoms with Gasteiger partial charge in [-0.25, -0.2) is 0 Å². The minimum Gasteiger partial charge on any atom is -0.387 e. The Bertz CT molecular complexity index is 385. The predicted molar refractivity (Wildman–Crippen MR) is 71.1 cm³/mol. The molecule has 1 saturated carbocycles. The van der Waals surface area contributed by atoms with Crippen molar-refractivity contribution in [3.05, 3.63) is 34.9 Å². The summed E-state index contributed by atoms with van der Waals surface area (Å²) in [5.74, 6) is 0. The lowest BCUT2D eigenvalue weighted by atomic mass is 10.0. The fourth-order valence-corrected chi connectivity index (χ4v) is 2.50. The number of nitrogens with zero attached hydrogens (tertiary/aromatic N) is 1. The van der Waals surface area contributed by atoms with Crippen LogP contribution < -0.4 is 0 Å². The van der Waals surface area contributed by atoms with E-state index in [1.165, 1.54) is 24.0 Å². The molecule has 2 rings (SSSR count). The molecule has 0 amide bonds. The minimum atomic E-state index is -0.351. The van der Waals surface area contributed by atoms with Crippen molar-refractivity contribution in [2.45, 2.75) is 45.8 Å². The van der Waals surface area contributed by atoms with E-state index in [1.807, 2.05) is 0 Å². The number of likely N-dealkylation sites (N-methyl/N-ethyl adjacent to an activating group) is 1. The van der Waals surface area contributed by atoms with Crippen LogP contribution in [0.2, 0.25) is 0 Å². The Balaban J connectivity index is 2.05. The van der Waals surface area contributed by atoms with Crippen LogP contribution in [0.1, 0.15) is 42.6 Å². The number of aliphatic hydroxyl groups excluding tert-OH is 1. The molecular weight excluding hydrogens is 210 g/mol. The summed E-state index contributed by atoms with van der Waals surface area (Å²) in [7, 11) is 0. The molecule has 1 unspecified atom stereocenters. The SMILES string of the molecule is CCN(CC(O)c1ccc(C)cc1C)C1CC1. The Morgan fingerprint density at radius 2 is 2.06 bits per heavy atom. The van der Waals surface area contributed by atoms with Crippen LogP contribution >= 0.6 is 0 Å². The van der Waals surface area contributed by atoms with Gasteiger partial charge in [-0.2, -0.15) is 0 Å². The van der Waals surface area contributed by atoms with Gasteiger partial charge < -0.3 is 5.11 Å². The highest BCUT2D eigenvalue weighted by molar-refractivity contribution is 5.32. The van der Waals surface area contributed by atoms with Crippen LogP contribution in [0.4, 0.5) is 0 Å². The fraction of sp³-hybridized carbons (Fsp3) is 0.600. The third kappa shape index (κ3) is 3.08. The highest BCUT2D eigenvalue weighted by atomic mass is 16.3. The number of hydrogen-bond donors (Lipinski definition) is 1. The van der Waals surface area contributed by atoms with E-state index in [-0.39, 0.29) is 6.10 Å².